The smallest absolute Gasteiger partial charge is 0.269 e. The van der Waals surface area contributed by atoms with Crippen molar-refractivity contribution in [2.75, 3.05) is 13.2 Å². The molecule has 3 rings (SSSR count). The van der Waals surface area contributed by atoms with E-state index in [-0.39, 0.29) is 12.3 Å². The maximum Gasteiger partial charge on any atom is 0.269 e. The molecule has 0 aliphatic heterocycles. The van der Waals surface area contributed by atoms with Crippen LogP contribution in [0.15, 0.2) is 55.1 Å². The molecule has 0 bridgehead atoms. The summed E-state index contributed by atoms with van der Waals surface area (Å²) in [4.78, 5) is 14.4. The van der Waals surface area contributed by atoms with Crippen molar-refractivity contribution in [3.05, 3.63) is 81.4 Å². The maximum atomic E-state index is 10.8. The standard InChI is InChI=1S/C22H25ClN4O4/c1-2-30-21-12-18(14-24-8-3-10-26-11-9-25-16-26)20(23)13-22(21)31-15-17-4-6-19(7-5-17)27(28)29/h4-7,9,11-13,16,24H,2-3,8,10,14-15H2,1H3. The monoisotopic (exact) mass is 444 g/mol. The third-order valence-corrected chi connectivity index (χ3v) is 4.95. The highest BCUT2D eigenvalue weighted by Gasteiger charge is 2.12. The molecule has 0 aliphatic carbocycles. The van der Waals surface area contributed by atoms with Gasteiger partial charge in [0.05, 0.1) is 17.9 Å². The number of ether oxygens (including phenoxy) is 2. The van der Waals surface area contributed by atoms with Gasteiger partial charge in [0, 0.05) is 48.7 Å². The van der Waals surface area contributed by atoms with Crippen LogP contribution < -0.4 is 14.8 Å². The molecule has 0 fully saturated rings. The molecule has 1 N–H and O–H groups in total. The van der Waals surface area contributed by atoms with Crippen molar-refractivity contribution in [1.82, 2.24) is 14.9 Å². The minimum Gasteiger partial charge on any atom is -0.490 e. The molecule has 0 unspecified atom stereocenters. The number of imidazole rings is 1. The molecule has 1 heterocycles. The van der Waals surface area contributed by atoms with Crippen LogP contribution in [0.4, 0.5) is 5.69 Å². The van der Waals surface area contributed by atoms with Crippen molar-refractivity contribution in [3.8, 4) is 11.5 Å². The molecule has 31 heavy (non-hydrogen) atoms. The molecule has 0 aliphatic rings. The van der Waals surface area contributed by atoms with Crippen molar-refractivity contribution < 1.29 is 14.4 Å². The number of benzene rings is 2. The average Bonchev–Trinajstić information content (AvgIpc) is 3.28. The Morgan fingerprint density at radius 2 is 1.97 bits per heavy atom. The van der Waals surface area contributed by atoms with Crippen LogP contribution in [0, 0.1) is 10.1 Å². The second-order valence-corrected chi connectivity index (χ2v) is 7.27. The SMILES string of the molecule is CCOc1cc(CNCCCn2ccnc2)c(Cl)cc1OCc1ccc([N+](=O)[O-])cc1. The van der Waals surface area contributed by atoms with Crippen LogP contribution in [-0.2, 0) is 19.7 Å². The van der Waals surface area contributed by atoms with Gasteiger partial charge in [0.15, 0.2) is 11.5 Å². The van der Waals surface area contributed by atoms with Gasteiger partial charge in [0.2, 0.25) is 0 Å². The maximum absolute atomic E-state index is 10.8. The predicted molar refractivity (Wildman–Crippen MR) is 119 cm³/mol. The van der Waals surface area contributed by atoms with E-state index < -0.39 is 4.92 Å². The van der Waals surface area contributed by atoms with E-state index in [2.05, 4.69) is 10.3 Å². The van der Waals surface area contributed by atoms with Gasteiger partial charge < -0.3 is 19.4 Å². The molecule has 0 radical (unpaired) electrons. The summed E-state index contributed by atoms with van der Waals surface area (Å²) in [7, 11) is 0. The first-order chi connectivity index (χ1) is 15.1. The van der Waals surface area contributed by atoms with Crippen LogP contribution in [-0.4, -0.2) is 27.6 Å². The molecule has 8 nitrogen and oxygen atoms in total. The Labute approximate surface area is 185 Å². The second-order valence-electron chi connectivity index (χ2n) is 6.87. The zero-order chi connectivity index (χ0) is 22.1. The molecule has 164 valence electrons. The van der Waals surface area contributed by atoms with Gasteiger partial charge in [-0.1, -0.05) is 11.6 Å². The summed E-state index contributed by atoms with van der Waals surface area (Å²) in [5.41, 5.74) is 1.78. The Morgan fingerprint density at radius 1 is 1.19 bits per heavy atom. The van der Waals surface area contributed by atoms with E-state index >= 15 is 0 Å². The summed E-state index contributed by atoms with van der Waals surface area (Å²) in [5, 5.41) is 14.8. The van der Waals surface area contributed by atoms with Gasteiger partial charge >= 0.3 is 0 Å². The number of non-ortho nitro benzene ring substituents is 1. The van der Waals surface area contributed by atoms with E-state index in [9.17, 15) is 10.1 Å². The lowest BCUT2D eigenvalue weighted by Crippen LogP contribution is -2.16. The number of hydrogen-bond donors (Lipinski definition) is 1. The van der Waals surface area contributed by atoms with Gasteiger partial charge in [0.25, 0.3) is 5.69 Å². The van der Waals surface area contributed by atoms with E-state index in [1.807, 2.05) is 23.8 Å². The molecule has 2 aromatic carbocycles. The Kier molecular flexibility index (Phi) is 8.26. The predicted octanol–water partition coefficient (Wildman–Crippen LogP) is 4.60. The van der Waals surface area contributed by atoms with E-state index in [1.54, 1.807) is 30.7 Å². The molecule has 0 spiro atoms. The number of nitro groups is 1. The number of hydrogen-bond acceptors (Lipinski definition) is 6. The lowest BCUT2D eigenvalue weighted by molar-refractivity contribution is -0.384. The molecule has 3 aromatic rings. The molecule has 0 atom stereocenters. The average molecular weight is 445 g/mol. The van der Waals surface area contributed by atoms with Crippen LogP contribution >= 0.6 is 11.6 Å². The second kappa shape index (κ2) is 11.3. The van der Waals surface area contributed by atoms with Gasteiger partial charge in [-0.3, -0.25) is 10.1 Å². The van der Waals surface area contributed by atoms with E-state index in [0.717, 1.165) is 30.6 Å². The highest BCUT2D eigenvalue weighted by atomic mass is 35.5. The third-order valence-electron chi connectivity index (χ3n) is 4.60. The number of aromatic nitrogens is 2. The molecule has 0 saturated heterocycles. The lowest BCUT2D eigenvalue weighted by atomic mass is 10.2. The number of rotatable bonds is 12. The van der Waals surface area contributed by atoms with Crippen molar-refractivity contribution in [1.29, 1.82) is 0 Å². The van der Waals surface area contributed by atoms with Crippen LogP contribution in [0.25, 0.3) is 0 Å². The van der Waals surface area contributed by atoms with Gasteiger partial charge in [-0.2, -0.15) is 0 Å². The van der Waals surface area contributed by atoms with Crippen molar-refractivity contribution in [3.63, 3.8) is 0 Å². The first kappa shape index (κ1) is 22.6. The molecule has 0 saturated carbocycles. The summed E-state index contributed by atoms with van der Waals surface area (Å²) in [6.45, 7) is 5.01. The summed E-state index contributed by atoms with van der Waals surface area (Å²) in [6.07, 6.45) is 6.50. The number of halogens is 1. The first-order valence-electron chi connectivity index (χ1n) is 10.0. The Bertz CT molecular complexity index is 978. The van der Waals surface area contributed by atoms with E-state index in [1.165, 1.54) is 12.1 Å². The highest BCUT2D eigenvalue weighted by Crippen LogP contribution is 2.34. The Balaban J connectivity index is 1.57. The van der Waals surface area contributed by atoms with Crippen LogP contribution in [0.2, 0.25) is 5.02 Å². The van der Waals surface area contributed by atoms with E-state index in [0.29, 0.717) is 29.7 Å². The zero-order valence-electron chi connectivity index (χ0n) is 17.3. The van der Waals surface area contributed by atoms with Crippen LogP contribution in [0.5, 0.6) is 11.5 Å². The van der Waals surface area contributed by atoms with Gasteiger partial charge in [-0.05, 0) is 49.2 Å². The topological polar surface area (TPSA) is 91.5 Å². The lowest BCUT2D eigenvalue weighted by Gasteiger charge is -2.15. The molecule has 1 aromatic heterocycles. The Hall–Kier alpha value is -3.10. The summed E-state index contributed by atoms with van der Waals surface area (Å²) >= 11 is 6.47. The first-order valence-corrected chi connectivity index (χ1v) is 10.4. The third kappa shape index (κ3) is 6.70. The number of aryl methyl sites for hydroxylation is 1. The van der Waals surface area contributed by atoms with Crippen molar-refractivity contribution in [2.24, 2.45) is 0 Å². The molecular weight excluding hydrogens is 420 g/mol. The number of nitrogens with one attached hydrogen (secondary N) is 1. The fourth-order valence-corrected chi connectivity index (χ4v) is 3.22. The fourth-order valence-electron chi connectivity index (χ4n) is 3.00. The van der Waals surface area contributed by atoms with Crippen LogP contribution in [0.1, 0.15) is 24.5 Å². The fraction of sp³-hybridized carbons (Fsp3) is 0.318. The highest BCUT2D eigenvalue weighted by molar-refractivity contribution is 6.31. The summed E-state index contributed by atoms with van der Waals surface area (Å²) < 4.78 is 13.7. The quantitative estimate of drug-likeness (QED) is 0.249. The molecular formula is C22H25ClN4O4. The van der Waals surface area contributed by atoms with Crippen molar-refractivity contribution >= 4 is 17.3 Å². The molecule has 9 heteroatoms. The summed E-state index contributed by atoms with van der Waals surface area (Å²) in [5.74, 6) is 1.15. The normalized spacial score (nSPS) is 10.8. The number of nitro benzene ring substituents is 1. The van der Waals surface area contributed by atoms with Crippen molar-refractivity contribution in [2.45, 2.75) is 33.0 Å². The van der Waals surface area contributed by atoms with Gasteiger partial charge in [-0.15, -0.1) is 0 Å². The van der Waals surface area contributed by atoms with Gasteiger partial charge in [-0.25, -0.2) is 4.98 Å². The van der Waals surface area contributed by atoms with Gasteiger partial charge in [0.1, 0.15) is 6.61 Å². The largest absolute Gasteiger partial charge is 0.490 e. The number of nitrogens with zero attached hydrogens (tertiary/aromatic N) is 3. The summed E-state index contributed by atoms with van der Waals surface area (Å²) in [6, 6.07) is 9.89. The minimum atomic E-state index is -0.428. The van der Waals surface area contributed by atoms with E-state index in [4.69, 9.17) is 21.1 Å². The zero-order valence-corrected chi connectivity index (χ0v) is 18.0. The Morgan fingerprint density at radius 3 is 2.65 bits per heavy atom. The van der Waals surface area contributed by atoms with Crippen LogP contribution in [0.3, 0.4) is 0 Å². The molecule has 0 amide bonds. The minimum absolute atomic E-state index is 0.0451.